The Balaban J connectivity index is 1.72. The molecule has 0 aliphatic carbocycles. The molecule has 0 aromatic heterocycles. The monoisotopic (exact) mass is 258 g/mol. The van der Waals surface area contributed by atoms with E-state index in [4.69, 9.17) is 0 Å². The van der Waals surface area contributed by atoms with E-state index in [-0.39, 0.29) is 5.92 Å². The molecule has 2 aliphatic heterocycles. The van der Waals surface area contributed by atoms with Gasteiger partial charge in [-0.3, -0.25) is 4.79 Å². The maximum atomic E-state index is 12.7. The van der Waals surface area contributed by atoms with Crippen molar-refractivity contribution in [2.75, 3.05) is 26.2 Å². The van der Waals surface area contributed by atoms with Gasteiger partial charge in [-0.05, 0) is 23.8 Å². The zero-order valence-corrected chi connectivity index (χ0v) is 11.5. The molecule has 1 aromatic rings. The molecule has 3 unspecified atom stereocenters. The van der Waals surface area contributed by atoms with Gasteiger partial charge in [-0.2, -0.15) is 0 Å². The molecule has 2 aliphatic rings. The van der Waals surface area contributed by atoms with E-state index < -0.39 is 0 Å². The number of likely N-dealkylation sites (tertiary alicyclic amines) is 1. The molecule has 0 saturated carbocycles. The predicted molar refractivity (Wildman–Crippen MR) is 75.9 cm³/mol. The lowest BCUT2D eigenvalue weighted by atomic mass is 9.95. The van der Waals surface area contributed by atoms with E-state index in [2.05, 4.69) is 29.3 Å². The summed E-state index contributed by atoms with van der Waals surface area (Å²) in [5, 5.41) is 3.42. The van der Waals surface area contributed by atoms with Crippen LogP contribution in [0.5, 0.6) is 0 Å². The SMILES string of the molecule is CCC(C(=O)N1CC2CNCC2C1)c1ccccc1. The van der Waals surface area contributed by atoms with Crippen molar-refractivity contribution in [1.29, 1.82) is 0 Å². The fourth-order valence-corrected chi connectivity index (χ4v) is 3.49. The molecule has 3 rings (SSSR count). The third kappa shape index (κ3) is 2.39. The zero-order chi connectivity index (χ0) is 13.2. The van der Waals surface area contributed by atoms with E-state index in [1.54, 1.807) is 0 Å². The molecule has 102 valence electrons. The summed E-state index contributed by atoms with van der Waals surface area (Å²) >= 11 is 0. The van der Waals surface area contributed by atoms with E-state index in [1.807, 2.05) is 18.2 Å². The minimum atomic E-state index is 0.0352. The molecule has 0 bridgehead atoms. The first-order chi connectivity index (χ1) is 9.29. The molecular weight excluding hydrogens is 236 g/mol. The van der Waals surface area contributed by atoms with Crippen LogP contribution in [-0.4, -0.2) is 37.0 Å². The number of hydrogen-bond acceptors (Lipinski definition) is 2. The molecule has 19 heavy (non-hydrogen) atoms. The van der Waals surface area contributed by atoms with E-state index in [0.717, 1.165) is 38.2 Å². The Kier molecular flexibility index (Phi) is 3.56. The lowest BCUT2D eigenvalue weighted by Gasteiger charge is -2.23. The number of nitrogens with one attached hydrogen (secondary N) is 1. The van der Waals surface area contributed by atoms with Crippen LogP contribution in [0.1, 0.15) is 24.8 Å². The summed E-state index contributed by atoms with van der Waals surface area (Å²) < 4.78 is 0. The summed E-state index contributed by atoms with van der Waals surface area (Å²) in [4.78, 5) is 14.8. The van der Waals surface area contributed by atoms with Gasteiger partial charge in [0.15, 0.2) is 0 Å². The van der Waals surface area contributed by atoms with E-state index in [9.17, 15) is 4.79 Å². The quantitative estimate of drug-likeness (QED) is 0.897. The minimum Gasteiger partial charge on any atom is -0.341 e. The van der Waals surface area contributed by atoms with Gasteiger partial charge in [-0.25, -0.2) is 0 Å². The minimum absolute atomic E-state index is 0.0352. The van der Waals surface area contributed by atoms with Gasteiger partial charge in [-0.15, -0.1) is 0 Å². The highest BCUT2D eigenvalue weighted by Gasteiger charge is 2.39. The van der Waals surface area contributed by atoms with Crippen LogP contribution in [0.2, 0.25) is 0 Å². The van der Waals surface area contributed by atoms with Crippen LogP contribution < -0.4 is 5.32 Å². The van der Waals surface area contributed by atoms with Crippen molar-refractivity contribution in [2.24, 2.45) is 11.8 Å². The maximum absolute atomic E-state index is 12.7. The smallest absolute Gasteiger partial charge is 0.230 e. The molecule has 1 aromatic carbocycles. The van der Waals surface area contributed by atoms with Crippen LogP contribution in [0, 0.1) is 11.8 Å². The van der Waals surface area contributed by atoms with Gasteiger partial charge in [0.1, 0.15) is 0 Å². The molecule has 1 amide bonds. The Morgan fingerprint density at radius 2 is 1.89 bits per heavy atom. The second-order valence-electron chi connectivity index (χ2n) is 5.79. The Morgan fingerprint density at radius 1 is 1.26 bits per heavy atom. The number of carbonyl (C=O) groups is 1. The summed E-state index contributed by atoms with van der Waals surface area (Å²) in [7, 11) is 0. The van der Waals surface area contributed by atoms with Crippen molar-refractivity contribution < 1.29 is 4.79 Å². The first kappa shape index (κ1) is 12.7. The number of benzene rings is 1. The van der Waals surface area contributed by atoms with Crippen LogP contribution in [0.15, 0.2) is 30.3 Å². The van der Waals surface area contributed by atoms with Crippen LogP contribution in [0.25, 0.3) is 0 Å². The average molecular weight is 258 g/mol. The Hall–Kier alpha value is -1.35. The van der Waals surface area contributed by atoms with Crippen molar-refractivity contribution in [1.82, 2.24) is 10.2 Å². The highest BCUT2D eigenvalue weighted by Crippen LogP contribution is 2.30. The summed E-state index contributed by atoms with van der Waals surface area (Å²) in [6, 6.07) is 10.2. The molecule has 1 N–H and O–H groups in total. The average Bonchev–Trinajstić information content (AvgIpc) is 3.01. The van der Waals surface area contributed by atoms with Gasteiger partial charge in [-0.1, -0.05) is 37.3 Å². The van der Waals surface area contributed by atoms with Gasteiger partial charge < -0.3 is 10.2 Å². The van der Waals surface area contributed by atoms with Crippen LogP contribution in [-0.2, 0) is 4.79 Å². The molecule has 2 fully saturated rings. The number of fused-ring (bicyclic) bond motifs is 1. The van der Waals surface area contributed by atoms with Crippen molar-refractivity contribution >= 4 is 5.91 Å². The maximum Gasteiger partial charge on any atom is 0.230 e. The second kappa shape index (κ2) is 5.33. The predicted octanol–water partition coefficient (Wildman–Crippen LogP) is 1.86. The third-order valence-electron chi connectivity index (χ3n) is 4.61. The highest BCUT2D eigenvalue weighted by atomic mass is 16.2. The van der Waals surface area contributed by atoms with Gasteiger partial charge in [0.05, 0.1) is 5.92 Å². The third-order valence-corrected chi connectivity index (χ3v) is 4.61. The van der Waals surface area contributed by atoms with Gasteiger partial charge in [0, 0.05) is 26.2 Å². The number of rotatable bonds is 3. The molecule has 3 nitrogen and oxygen atoms in total. The van der Waals surface area contributed by atoms with Crippen LogP contribution in [0.4, 0.5) is 0 Å². The van der Waals surface area contributed by atoms with Crippen molar-refractivity contribution in [3.8, 4) is 0 Å². The van der Waals surface area contributed by atoms with Crippen molar-refractivity contribution in [2.45, 2.75) is 19.3 Å². The second-order valence-corrected chi connectivity index (χ2v) is 5.79. The largest absolute Gasteiger partial charge is 0.341 e. The Morgan fingerprint density at radius 3 is 2.47 bits per heavy atom. The summed E-state index contributed by atoms with van der Waals surface area (Å²) in [6.07, 6.45) is 0.882. The summed E-state index contributed by atoms with van der Waals surface area (Å²) in [5.74, 6) is 1.71. The first-order valence-electron chi connectivity index (χ1n) is 7.34. The first-order valence-corrected chi connectivity index (χ1v) is 7.34. The van der Waals surface area contributed by atoms with Crippen molar-refractivity contribution in [3.05, 3.63) is 35.9 Å². The summed E-state index contributed by atoms with van der Waals surface area (Å²) in [6.45, 7) is 6.15. The summed E-state index contributed by atoms with van der Waals surface area (Å²) in [5.41, 5.74) is 1.16. The molecule has 2 saturated heterocycles. The Bertz CT molecular complexity index is 433. The van der Waals surface area contributed by atoms with E-state index >= 15 is 0 Å². The fourth-order valence-electron chi connectivity index (χ4n) is 3.49. The van der Waals surface area contributed by atoms with Gasteiger partial charge in [0.2, 0.25) is 5.91 Å². The number of amides is 1. The standard InChI is InChI=1S/C16H22N2O/c1-2-15(12-6-4-3-5-7-12)16(19)18-10-13-8-17-9-14(13)11-18/h3-7,13-15,17H,2,8-11H2,1H3. The van der Waals surface area contributed by atoms with Gasteiger partial charge >= 0.3 is 0 Å². The normalized spacial score (nSPS) is 27.3. The van der Waals surface area contributed by atoms with Crippen LogP contribution >= 0.6 is 0 Å². The zero-order valence-electron chi connectivity index (χ0n) is 11.5. The molecule has 0 radical (unpaired) electrons. The lowest BCUT2D eigenvalue weighted by Crippen LogP contribution is -2.35. The molecular formula is C16H22N2O. The molecule has 3 atom stereocenters. The number of hydrogen-bond donors (Lipinski definition) is 1. The van der Waals surface area contributed by atoms with Crippen LogP contribution in [0.3, 0.4) is 0 Å². The highest BCUT2D eigenvalue weighted by molar-refractivity contribution is 5.84. The topological polar surface area (TPSA) is 32.3 Å². The van der Waals surface area contributed by atoms with Crippen molar-refractivity contribution in [3.63, 3.8) is 0 Å². The molecule has 3 heteroatoms. The van der Waals surface area contributed by atoms with E-state index in [0.29, 0.717) is 17.7 Å². The number of nitrogens with zero attached hydrogens (tertiary/aromatic N) is 1. The lowest BCUT2D eigenvalue weighted by molar-refractivity contribution is -0.132. The molecule has 2 heterocycles. The fraction of sp³-hybridized carbons (Fsp3) is 0.562. The number of carbonyl (C=O) groups excluding carboxylic acids is 1. The Labute approximate surface area is 115 Å². The molecule has 0 spiro atoms. The van der Waals surface area contributed by atoms with Gasteiger partial charge in [0.25, 0.3) is 0 Å². The van der Waals surface area contributed by atoms with E-state index in [1.165, 1.54) is 0 Å².